The van der Waals surface area contributed by atoms with Crippen LogP contribution in [0.4, 0.5) is 4.79 Å². The molecule has 16 heavy (non-hydrogen) atoms. The van der Waals surface area contributed by atoms with Gasteiger partial charge in [-0.1, -0.05) is 0 Å². The van der Waals surface area contributed by atoms with Crippen molar-refractivity contribution in [3.63, 3.8) is 0 Å². The van der Waals surface area contributed by atoms with Crippen molar-refractivity contribution >= 4 is 12.0 Å². The molecule has 1 aliphatic carbocycles. The highest BCUT2D eigenvalue weighted by atomic mass is 16.4. The van der Waals surface area contributed by atoms with Crippen molar-refractivity contribution in [2.45, 2.75) is 51.6 Å². The van der Waals surface area contributed by atoms with Gasteiger partial charge in [0.25, 0.3) is 0 Å². The number of carboxylic acids is 1. The molecular formula is C11H20N2O3. The summed E-state index contributed by atoms with van der Waals surface area (Å²) in [4.78, 5) is 22.5. The molecule has 1 rings (SSSR count). The quantitative estimate of drug-likeness (QED) is 0.679. The van der Waals surface area contributed by atoms with Crippen LogP contribution in [0.15, 0.2) is 0 Å². The van der Waals surface area contributed by atoms with Gasteiger partial charge in [-0.15, -0.1) is 0 Å². The van der Waals surface area contributed by atoms with Gasteiger partial charge in [0.05, 0.1) is 0 Å². The van der Waals surface area contributed by atoms with Gasteiger partial charge in [0, 0.05) is 5.54 Å². The van der Waals surface area contributed by atoms with Crippen molar-refractivity contribution < 1.29 is 14.7 Å². The zero-order valence-corrected chi connectivity index (χ0v) is 10.3. The highest BCUT2D eigenvalue weighted by Crippen LogP contribution is 2.39. The smallest absolute Gasteiger partial charge is 0.328 e. The van der Waals surface area contributed by atoms with E-state index in [2.05, 4.69) is 10.6 Å². The molecule has 0 radical (unpaired) electrons. The fraction of sp³-hybridized carbons (Fsp3) is 0.818. The van der Waals surface area contributed by atoms with E-state index in [0.717, 1.165) is 12.8 Å². The van der Waals surface area contributed by atoms with E-state index in [0.29, 0.717) is 5.92 Å². The maximum atomic E-state index is 11.6. The molecule has 92 valence electrons. The summed E-state index contributed by atoms with van der Waals surface area (Å²) in [5, 5.41) is 14.1. The molecule has 0 heterocycles. The molecule has 0 spiro atoms. The number of urea groups is 1. The van der Waals surface area contributed by atoms with Gasteiger partial charge < -0.3 is 15.7 Å². The third kappa shape index (κ3) is 3.12. The second-order valence-electron chi connectivity index (χ2n) is 5.51. The molecule has 1 fully saturated rings. The number of carbonyl (C=O) groups excluding carboxylic acids is 1. The molecule has 0 aromatic rings. The van der Waals surface area contributed by atoms with E-state index in [4.69, 9.17) is 5.11 Å². The van der Waals surface area contributed by atoms with Crippen LogP contribution < -0.4 is 10.6 Å². The lowest BCUT2D eigenvalue weighted by Crippen LogP contribution is -2.57. The van der Waals surface area contributed by atoms with E-state index in [-0.39, 0.29) is 5.54 Å². The Morgan fingerprint density at radius 3 is 2.00 bits per heavy atom. The minimum absolute atomic E-state index is 0.265. The van der Waals surface area contributed by atoms with E-state index < -0.39 is 17.5 Å². The van der Waals surface area contributed by atoms with Gasteiger partial charge in [0.15, 0.2) is 0 Å². The van der Waals surface area contributed by atoms with Crippen LogP contribution in [0.1, 0.15) is 40.5 Å². The molecule has 0 saturated heterocycles. The van der Waals surface area contributed by atoms with Gasteiger partial charge in [-0.25, -0.2) is 9.59 Å². The number of amides is 2. The van der Waals surface area contributed by atoms with Crippen LogP contribution in [-0.2, 0) is 4.79 Å². The summed E-state index contributed by atoms with van der Waals surface area (Å²) >= 11 is 0. The maximum Gasteiger partial charge on any atom is 0.328 e. The fourth-order valence-corrected chi connectivity index (χ4v) is 1.57. The SMILES string of the molecule is CC(C)(NC(=O)NC(C)(C)C1CC1)C(=O)O. The van der Waals surface area contributed by atoms with Crippen LogP contribution in [0.5, 0.6) is 0 Å². The summed E-state index contributed by atoms with van der Waals surface area (Å²) in [6.07, 6.45) is 2.24. The number of aliphatic carboxylic acids is 1. The average molecular weight is 228 g/mol. The molecule has 5 heteroatoms. The first-order chi connectivity index (χ1) is 7.15. The van der Waals surface area contributed by atoms with Gasteiger partial charge in [-0.2, -0.15) is 0 Å². The number of rotatable bonds is 4. The minimum Gasteiger partial charge on any atom is -0.480 e. The Bertz CT molecular complexity index is 306. The first-order valence-corrected chi connectivity index (χ1v) is 5.49. The molecule has 0 aliphatic heterocycles. The van der Waals surface area contributed by atoms with Gasteiger partial charge in [0.1, 0.15) is 5.54 Å². The summed E-state index contributed by atoms with van der Waals surface area (Å²) in [6, 6.07) is -0.427. The zero-order valence-electron chi connectivity index (χ0n) is 10.3. The summed E-state index contributed by atoms with van der Waals surface area (Å²) < 4.78 is 0. The monoisotopic (exact) mass is 228 g/mol. The topological polar surface area (TPSA) is 78.4 Å². The standard InChI is InChI=1S/C11H20N2O3/c1-10(2,7-5-6-7)12-9(16)13-11(3,4)8(14)15/h7H,5-6H2,1-4H3,(H,14,15)(H2,12,13,16). The van der Waals surface area contributed by atoms with Gasteiger partial charge in [-0.3, -0.25) is 0 Å². The minimum atomic E-state index is -1.25. The summed E-state index contributed by atoms with van der Waals surface area (Å²) in [7, 11) is 0. The third-order valence-electron chi connectivity index (χ3n) is 2.99. The predicted molar refractivity (Wildman–Crippen MR) is 60.2 cm³/mol. The summed E-state index contributed by atoms with van der Waals surface area (Å²) in [5.74, 6) is -0.543. The molecular weight excluding hydrogens is 208 g/mol. The number of carboxylic acid groups (broad SMARTS) is 1. The van der Waals surface area contributed by atoms with Crippen molar-refractivity contribution in [3.05, 3.63) is 0 Å². The normalized spacial score (nSPS) is 16.8. The molecule has 5 nitrogen and oxygen atoms in total. The van der Waals surface area contributed by atoms with E-state index in [9.17, 15) is 9.59 Å². The fourth-order valence-electron chi connectivity index (χ4n) is 1.57. The van der Waals surface area contributed by atoms with Crippen LogP contribution in [0.2, 0.25) is 0 Å². The molecule has 0 atom stereocenters. The van der Waals surface area contributed by atoms with Crippen molar-refractivity contribution in [2.75, 3.05) is 0 Å². The Hall–Kier alpha value is -1.26. The van der Waals surface area contributed by atoms with Crippen molar-refractivity contribution in [1.82, 2.24) is 10.6 Å². The molecule has 3 N–H and O–H groups in total. The van der Waals surface area contributed by atoms with Gasteiger partial charge in [0.2, 0.25) is 0 Å². The summed E-state index contributed by atoms with van der Waals surface area (Å²) in [6.45, 7) is 6.83. The lowest BCUT2D eigenvalue weighted by Gasteiger charge is -2.29. The van der Waals surface area contributed by atoms with Crippen LogP contribution in [0, 0.1) is 5.92 Å². The van der Waals surface area contributed by atoms with Crippen molar-refractivity contribution in [2.24, 2.45) is 5.92 Å². The van der Waals surface area contributed by atoms with E-state index >= 15 is 0 Å². The predicted octanol–water partition coefficient (Wildman–Crippen LogP) is 1.34. The van der Waals surface area contributed by atoms with Crippen molar-refractivity contribution in [1.29, 1.82) is 0 Å². The zero-order chi connectivity index (χ0) is 12.6. The molecule has 0 aromatic heterocycles. The number of hydrogen-bond donors (Lipinski definition) is 3. The highest BCUT2D eigenvalue weighted by molar-refractivity contribution is 5.85. The Morgan fingerprint density at radius 1 is 1.12 bits per heavy atom. The number of hydrogen-bond acceptors (Lipinski definition) is 2. The Kier molecular flexibility index (Phi) is 3.17. The number of nitrogens with one attached hydrogen (secondary N) is 2. The van der Waals surface area contributed by atoms with Crippen molar-refractivity contribution in [3.8, 4) is 0 Å². The van der Waals surface area contributed by atoms with E-state index in [1.165, 1.54) is 13.8 Å². The van der Waals surface area contributed by atoms with Gasteiger partial charge in [-0.05, 0) is 46.5 Å². The Morgan fingerprint density at radius 2 is 1.62 bits per heavy atom. The molecule has 0 bridgehead atoms. The van der Waals surface area contributed by atoms with Crippen LogP contribution in [-0.4, -0.2) is 28.2 Å². The van der Waals surface area contributed by atoms with E-state index in [1.807, 2.05) is 13.8 Å². The highest BCUT2D eigenvalue weighted by Gasteiger charge is 2.39. The lowest BCUT2D eigenvalue weighted by atomic mass is 9.99. The Balaban J connectivity index is 2.50. The van der Waals surface area contributed by atoms with Gasteiger partial charge >= 0.3 is 12.0 Å². The second kappa shape index (κ2) is 3.96. The second-order valence-corrected chi connectivity index (χ2v) is 5.51. The Labute approximate surface area is 95.6 Å². The van der Waals surface area contributed by atoms with Crippen LogP contribution in [0.3, 0.4) is 0 Å². The van der Waals surface area contributed by atoms with Crippen LogP contribution >= 0.6 is 0 Å². The third-order valence-corrected chi connectivity index (χ3v) is 2.99. The largest absolute Gasteiger partial charge is 0.480 e. The van der Waals surface area contributed by atoms with Crippen LogP contribution in [0.25, 0.3) is 0 Å². The number of carbonyl (C=O) groups is 2. The summed E-state index contributed by atoms with van der Waals surface area (Å²) in [5.41, 5.74) is -1.51. The molecule has 0 aromatic carbocycles. The average Bonchev–Trinajstić information content (AvgIpc) is 2.81. The maximum absolute atomic E-state index is 11.6. The van der Waals surface area contributed by atoms with E-state index in [1.54, 1.807) is 0 Å². The molecule has 1 saturated carbocycles. The first kappa shape index (κ1) is 12.8. The first-order valence-electron chi connectivity index (χ1n) is 5.49. The molecule has 1 aliphatic rings. The molecule has 2 amide bonds. The molecule has 0 unspecified atom stereocenters. The lowest BCUT2D eigenvalue weighted by molar-refractivity contribution is -0.142.